The molecule has 3 N–H and O–H groups in total. The Morgan fingerprint density at radius 3 is 2.06 bits per heavy atom. The van der Waals surface area contributed by atoms with Gasteiger partial charge in [0.25, 0.3) is 0 Å². The first-order chi connectivity index (χ1) is 7.78. The average Bonchev–Trinajstić information content (AvgIpc) is 2.12. The third-order valence-electron chi connectivity index (χ3n) is 2.53. The number of nitrogens with one attached hydrogen (secondary N) is 2. The fraction of sp³-hybridized carbons (Fsp3) is 0.600. The SMILES string of the molecule is CC(C)CC1(CC(=O)O)C(=O)NC(=O)NC1=O. The summed E-state index contributed by atoms with van der Waals surface area (Å²) in [7, 11) is 0. The van der Waals surface area contributed by atoms with Gasteiger partial charge < -0.3 is 5.11 Å². The number of carboxylic acid groups (broad SMARTS) is 1. The summed E-state index contributed by atoms with van der Waals surface area (Å²) in [6, 6.07) is -0.912. The zero-order valence-electron chi connectivity index (χ0n) is 9.57. The maximum absolute atomic E-state index is 11.8. The zero-order valence-corrected chi connectivity index (χ0v) is 9.57. The van der Waals surface area contributed by atoms with E-state index >= 15 is 0 Å². The van der Waals surface area contributed by atoms with Crippen LogP contribution in [0.5, 0.6) is 0 Å². The number of carbonyl (C=O) groups excluding carboxylic acids is 3. The van der Waals surface area contributed by atoms with Gasteiger partial charge in [-0.2, -0.15) is 0 Å². The Morgan fingerprint density at radius 2 is 1.71 bits per heavy atom. The van der Waals surface area contributed by atoms with Crippen molar-refractivity contribution in [1.82, 2.24) is 10.6 Å². The number of urea groups is 1. The van der Waals surface area contributed by atoms with Crippen molar-refractivity contribution >= 4 is 23.8 Å². The summed E-state index contributed by atoms with van der Waals surface area (Å²) in [5.74, 6) is -3.01. The molecule has 94 valence electrons. The highest BCUT2D eigenvalue weighted by molar-refractivity contribution is 6.20. The second kappa shape index (κ2) is 4.52. The van der Waals surface area contributed by atoms with Crippen molar-refractivity contribution in [3.05, 3.63) is 0 Å². The van der Waals surface area contributed by atoms with Crippen molar-refractivity contribution in [2.24, 2.45) is 11.3 Å². The summed E-state index contributed by atoms with van der Waals surface area (Å²) in [5, 5.41) is 12.7. The molecule has 4 amide bonds. The van der Waals surface area contributed by atoms with Crippen LogP contribution in [-0.4, -0.2) is 28.9 Å². The van der Waals surface area contributed by atoms with Gasteiger partial charge in [-0.3, -0.25) is 25.0 Å². The predicted octanol–water partition coefficient (Wildman–Crippen LogP) is -0.140. The van der Waals surface area contributed by atoms with Crippen LogP contribution in [0.15, 0.2) is 0 Å². The molecule has 17 heavy (non-hydrogen) atoms. The smallest absolute Gasteiger partial charge is 0.328 e. The topological polar surface area (TPSA) is 113 Å². The molecule has 1 fully saturated rings. The van der Waals surface area contributed by atoms with E-state index in [0.29, 0.717) is 0 Å². The molecular weight excluding hydrogens is 228 g/mol. The molecule has 0 saturated carbocycles. The van der Waals surface area contributed by atoms with E-state index in [4.69, 9.17) is 5.11 Å². The molecule has 0 radical (unpaired) electrons. The first-order valence-electron chi connectivity index (χ1n) is 5.16. The van der Waals surface area contributed by atoms with Crippen LogP contribution in [0.1, 0.15) is 26.7 Å². The van der Waals surface area contributed by atoms with Crippen LogP contribution in [0.25, 0.3) is 0 Å². The Labute approximate surface area is 97.6 Å². The molecule has 1 rings (SSSR count). The van der Waals surface area contributed by atoms with Crippen LogP contribution in [0.2, 0.25) is 0 Å². The second-order valence-electron chi connectivity index (χ2n) is 4.49. The van der Waals surface area contributed by atoms with Crippen LogP contribution >= 0.6 is 0 Å². The molecule has 0 unspecified atom stereocenters. The van der Waals surface area contributed by atoms with Crippen molar-refractivity contribution < 1.29 is 24.3 Å². The van der Waals surface area contributed by atoms with Gasteiger partial charge in [-0.1, -0.05) is 13.8 Å². The van der Waals surface area contributed by atoms with Crippen LogP contribution in [0.4, 0.5) is 4.79 Å². The van der Waals surface area contributed by atoms with Crippen LogP contribution in [0.3, 0.4) is 0 Å². The molecule has 0 bridgehead atoms. The number of hydrogen-bond acceptors (Lipinski definition) is 4. The lowest BCUT2D eigenvalue weighted by Gasteiger charge is -2.33. The van der Waals surface area contributed by atoms with Crippen molar-refractivity contribution in [1.29, 1.82) is 0 Å². The van der Waals surface area contributed by atoms with E-state index in [1.165, 1.54) is 0 Å². The molecule has 7 heteroatoms. The van der Waals surface area contributed by atoms with Gasteiger partial charge in [0, 0.05) is 0 Å². The van der Waals surface area contributed by atoms with E-state index in [0.717, 1.165) is 0 Å². The zero-order chi connectivity index (χ0) is 13.2. The lowest BCUT2D eigenvalue weighted by Crippen LogP contribution is -2.63. The Hall–Kier alpha value is -1.92. The van der Waals surface area contributed by atoms with Crippen LogP contribution in [0, 0.1) is 11.3 Å². The van der Waals surface area contributed by atoms with Gasteiger partial charge in [-0.05, 0) is 12.3 Å². The van der Waals surface area contributed by atoms with Gasteiger partial charge in [0.15, 0.2) is 0 Å². The van der Waals surface area contributed by atoms with Crippen molar-refractivity contribution in [3.63, 3.8) is 0 Å². The van der Waals surface area contributed by atoms with Gasteiger partial charge in [-0.25, -0.2) is 4.79 Å². The number of carboxylic acids is 1. The van der Waals surface area contributed by atoms with Crippen molar-refractivity contribution in [2.45, 2.75) is 26.7 Å². The van der Waals surface area contributed by atoms with E-state index in [1.54, 1.807) is 13.8 Å². The van der Waals surface area contributed by atoms with Gasteiger partial charge in [0.05, 0.1) is 6.42 Å². The normalized spacial score (nSPS) is 18.9. The predicted molar refractivity (Wildman–Crippen MR) is 55.8 cm³/mol. The molecule has 0 aromatic rings. The molecule has 1 aliphatic rings. The quantitative estimate of drug-likeness (QED) is 0.594. The number of hydrogen-bond donors (Lipinski definition) is 3. The minimum Gasteiger partial charge on any atom is -0.481 e. The highest BCUT2D eigenvalue weighted by atomic mass is 16.4. The number of imide groups is 2. The minimum atomic E-state index is -1.70. The van der Waals surface area contributed by atoms with Gasteiger partial charge >= 0.3 is 12.0 Å². The highest BCUT2D eigenvalue weighted by Gasteiger charge is 2.51. The second-order valence-corrected chi connectivity index (χ2v) is 4.49. The molecule has 0 aliphatic carbocycles. The maximum atomic E-state index is 11.8. The number of carbonyl (C=O) groups is 4. The summed E-state index contributed by atoms with van der Waals surface area (Å²) in [4.78, 5) is 45.2. The highest BCUT2D eigenvalue weighted by Crippen LogP contribution is 2.33. The molecule has 7 nitrogen and oxygen atoms in total. The van der Waals surface area contributed by atoms with Crippen molar-refractivity contribution in [2.75, 3.05) is 0 Å². The largest absolute Gasteiger partial charge is 0.481 e. The Balaban J connectivity index is 3.10. The van der Waals surface area contributed by atoms with E-state index < -0.39 is 35.7 Å². The summed E-state index contributed by atoms with van der Waals surface area (Å²) in [6.07, 6.45) is -0.555. The third kappa shape index (κ3) is 2.61. The average molecular weight is 242 g/mol. The van der Waals surface area contributed by atoms with Gasteiger partial charge in [0.2, 0.25) is 11.8 Å². The minimum absolute atomic E-state index is 0.0564. The number of barbiturate groups is 1. The maximum Gasteiger partial charge on any atom is 0.328 e. The summed E-state index contributed by atoms with van der Waals surface area (Å²) in [5.41, 5.74) is -1.70. The Kier molecular flexibility index (Phi) is 3.50. The Morgan fingerprint density at radius 1 is 1.24 bits per heavy atom. The molecular formula is C10H14N2O5. The number of amides is 4. The van der Waals surface area contributed by atoms with E-state index in [2.05, 4.69) is 0 Å². The number of rotatable bonds is 4. The van der Waals surface area contributed by atoms with Gasteiger partial charge in [0.1, 0.15) is 5.41 Å². The lowest BCUT2D eigenvalue weighted by molar-refractivity contribution is -0.154. The fourth-order valence-electron chi connectivity index (χ4n) is 1.95. The van der Waals surface area contributed by atoms with E-state index in [-0.39, 0.29) is 12.3 Å². The van der Waals surface area contributed by atoms with Crippen molar-refractivity contribution in [3.8, 4) is 0 Å². The van der Waals surface area contributed by atoms with E-state index in [1.807, 2.05) is 10.6 Å². The first-order valence-corrected chi connectivity index (χ1v) is 5.16. The number of aliphatic carboxylic acids is 1. The molecule has 1 heterocycles. The molecule has 0 aromatic carbocycles. The summed E-state index contributed by atoms with van der Waals surface area (Å²) < 4.78 is 0. The third-order valence-corrected chi connectivity index (χ3v) is 2.53. The van der Waals surface area contributed by atoms with Gasteiger partial charge in [-0.15, -0.1) is 0 Å². The standard InChI is InChI=1S/C10H14N2O5/c1-5(2)3-10(4-6(13)14)7(15)11-9(17)12-8(10)16/h5H,3-4H2,1-2H3,(H,13,14)(H2,11,12,15,16,17). The summed E-state index contributed by atoms with van der Waals surface area (Å²) >= 11 is 0. The molecule has 0 aromatic heterocycles. The molecule has 1 aliphatic heterocycles. The van der Waals surface area contributed by atoms with Crippen LogP contribution < -0.4 is 10.6 Å². The molecule has 1 saturated heterocycles. The first kappa shape index (κ1) is 13.1. The van der Waals surface area contributed by atoms with Crippen LogP contribution in [-0.2, 0) is 14.4 Å². The van der Waals surface area contributed by atoms with E-state index in [9.17, 15) is 19.2 Å². The molecule has 0 spiro atoms. The summed E-state index contributed by atoms with van der Waals surface area (Å²) in [6.45, 7) is 3.53. The monoisotopic (exact) mass is 242 g/mol. The lowest BCUT2D eigenvalue weighted by atomic mass is 9.74. The molecule has 0 atom stereocenters. The fourth-order valence-corrected chi connectivity index (χ4v) is 1.95. The Bertz CT molecular complexity index is 368.